The zero-order valence-corrected chi connectivity index (χ0v) is 18.9. The van der Waals surface area contributed by atoms with E-state index in [1.165, 1.54) is 4.90 Å². The molecule has 5 heteroatoms. The minimum atomic E-state index is -0.122. The molecule has 0 aliphatic carbocycles. The zero-order valence-electron chi connectivity index (χ0n) is 18.9. The molecule has 1 aliphatic rings. The van der Waals surface area contributed by atoms with E-state index >= 15 is 0 Å². The summed E-state index contributed by atoms with van der Waals surface area (Å²) in [5, 5.41) is 3.18. The molecule has 0 saturated carbocycles. The van der Waals surface area contributed by atoms with Crippen molar-refractivity contribution in [1.82, 2.24) is 0 Å². The highest BCUT2D eigenvalue weighted by Gasteiger charge is 2.30. The third-order valence-electron chi connectivity index (χ3n) is 6.19. The third-order valence-corrected chi connectivity index (χ3v) is 6.19. The molecular formula is C27H32N3O2+. The normalized spacial score (nSPS) is 15.2. The summed E-state index contributed by atoms with van der Waals surface area (Å²) in [7, 11) is 0. The first-order valence-corrected chi connectivity index (χ1v) is 11.4. The van der Waals surface area contributed by atoms with Crippen LogP contribution in [0.2, 0.25) is 0 Å². The van der Waals surface area contributed by atoms with E-state index < -0.39 is 0 Å². The molecule has 2 N–H and O–H groups in total. The topological polar surface area (TPSA) is 46.0 Å². The van der Waals surface area contributed by atoms with E-state index in [-0.39, 0.29) is 11.9 Å². The molecule has 5 nitrogen and oxygen atoms in total. The Labute approximate surface area is 190 Å². The Morgan fingerprint density at radius 2 is 1.62 bits per heavy atom. The second-order valence-electron chi connectivity index (χ2n) is 8.17. The number of carbonyl (C=O) groups excluding carboxylic acids is 1. The van der Waals surface area contributed by atoms with Crippen LogP contribution in [0.5, 0.6) is 5.75 Å². The van der Waals surface area contributed by atoms with Crippen molar-refractivity contribution >= 4 is 17.3 Å². The number of nitrogens with one attached hydrogen (secondary N) is 2. The van der Waals surface area contributed by atoms with Gasteiger partial charge >= 0.3 is 0 Å². The number of anilines is 2. The Morgan fingerprint density at radius 1 is 0.969 bits per heavy atom. The van der Waals surface area contributed by atoms with E-state index in [2.05, 4.69) is 40.5 Å². The van der Waals surface area contributed by atoms with Crippen LogP contribution in [0.25, 0.3) is 11.1 Å². The molecule has 0 unspecified atom stereocenters. The van der Waals surface area contributed by atoms with Crippen LogP contribution >= 0.6 is 0 Å². The van der Waals surface area contributed by atoms with Crippen molar-refractivity contribution in [3.63, 3.8) is 0 Å². The van der Waals surface area contributed by atoms with Gasteiger partial charge in [0.1, 0.15) is 5.75 Å². The molecule has 1 amide bonds. The van der Waals surface area contributed by atoms with Gasteiger partial charge in [0.05, 0.1) is 38.5 Å². The van der Waals surface area contributed by atoms with Crippen molar-refractivity contribution in [3.8, 4) is 16.9 Å². The number of quaternary nitrogens is 1. The summed E-state index contributed by atoms with van der Waals surface area (Å²) in [6, 6.07) is 26.3. The third kappa shape index (κ3) is 4.94. The Bertz CT molecular complexity index is 1030. The van der Waals surface area contributed by atoms with Crippen molar-refractivity contribution < 1.29 is 14.4 Å². The van der Waals surface area contributed by atoms with Crippen molar-refractivity contribution in [2.45, 2.75) is 19.9 Å². The van der Waals surface area contributed by atoms with E-state index in [1.54, 1.807) is 0 Å². The van der Waals surface area contributed by atoms with Crippen molar-refractivity contribution in [1.29, 1.82) is 0 Å². The van der Waals surface area contributed by atoms with Gasteiger partial charge in [-0.2, -0.15) is 0 Å². The number of nitrogens with zero attached hydrogens (tertiary/aromatic N) is 1. The summed E-state index contributed by atoms with van der Waals surface area (Å²) in [5.74, 6) is 0.994. The molecule has 3 aromatic carbocycles. The van der Waals surface area contributed by atoms with Gasteiger partial charge in [-0.1, -0.05) is 60.7 Å². The first-order valence-electron chi connectivity index (χ1n) is 11.4. The zero-order chi connectivity index (χ0) is 22.3. The average Bonchev–Trinajstić information content (AvgIpc) is 2.85. The Morgan fingerprint density at radius 3 is 2.38 bits per heavy atom. The fraction of sp³-hybridized carbons (Fsp3) is 0.296. The molecule has 1 saturated heterocycles. The fourth-order valence-electron chi connectivity index (χ4n) is 4.35. The first kappa shape index (κ1) is 21.9. The highest BCUT2D eigenvalue weighted by molar-refractivity contribution is 5.97. The standard InChI is InChI=1S/C27H31N3O2/c1-3-32-26-16-10-9-15-25(26)30-19-17-29(18-20-30)21(2)27(31)28-24-14-8-7-13-23(24)22-11-5-4-6-12-22/h4-16,21H,3,17-20H2,1-2H3,(H,28,31)/p+1/t21-/m0/s1. The van der Waals surface area contributed by atoms with Crippen LogP contribution in [-0.2, 0) is 4.79 Å². The van der Waals surface area contributed by atoms with Crippen LogP contribution in [0.1, 0.15) is 13.8 Å². The number of benzene rings is 3. The molecule has 32 heavy (non-hydrogen) atoms. The Balaban J connectivity index is 1.39. The van der Waals surface area contributed by atoms with Crippen LogP contribution in [0.4, 0.5) is 11.4 Å². The molecule has 166 valence electrons. The summed E-state index contributed by atoms with van der Waals surface area (Å²) in [4.78, 5) is 16.8. The second-order valence-corrected chi connectivity index (χ2v) is 8.17. The van der Waals surface area contributed by atoms with Crippen molar-refractivity contribution in [2.24, 2.45) is 0 Å². The molecule has 1 atom stereocenters. The number of ether oxygens (including phenoxy) is 1. The number of hydrogen-bond donors (Lipinski definition) is 2. The van der Waals surface area contributed by atoms with Crippen LogP contribution < -0.4 is 19.9 Å². The average molecular weight is 431 g/mol. The molecule has 0 aromatic heterocycles. The van der Waals surface area contributed by atoms with Crippen LogP contribution in [0, 0.1) is 0 Å². The summed E-state index contributed by atoms with van der Waals surface area (Å²) >= 11 is 0. The van der Waals surface area contributed by atoms with Gasteiger partial charge in [0.25, 0.3) is 5.91 Å². The van der Waals surface area contributed by atoms with Gasteiger partial charge in [-0.15, -0.1) is 0 Å². The molecule has 0 spiro atoms. The maximum absolute atomic E-state index is 13.1. The lowest BCUT2D eigenvalue weighted by atomic mass is 10.0. The number of amides is 1. The summed E-state index contributed by atoms with van der Waals surface area (Å²) in [6.45, 7) is 8.32. The van der Waals surface area contributed by atoms with Gasteiger partial charge < -0.3 is 19.9 Å². The minimum absolute atomic E-state index is 0.0616. The van der Waals surface area contributed by atoms with Gasteiger partial charge in [-0.25, -0.2) is 0 Å². The van der Waals surface area contributed by atoms with Gasteiger partial charge in [0.15, 0.2) is 6.04 Å². The predicted octanol–water partition coefficient (Wildman–Crippen LogP) is 3.48. The van der Waals surface area contributed by atoms with E-state index in [0.717, 1.165) is 54.4 Å². The molecule has 3 aromatic rings. The van der Waals surface area contributed by atoms with E-state index in [4.69, 9.17) is 4.74 Å². The number of hydrogen-bond acceptors (Lipinski definition) is 3. The smallest absolute Gasteiger partial charge is 0.282 e. The van der Waals surface area contributed by atoms with E-state index in [1.807, 2.05) is 62.4 Å². The number of piperazine rings is 1. The molecule has 0 radical (unpaired) electrons. The van der Waals surface area contributed by atoms with Crippen LogP contribution in [0.3, 0.4) is 0 Å². The van der Waals surface area contributed by atoms with Gasteiger partial charge in [0.2, 0.25) is 0 Å². The fourth-order valence-corrected chi connectivity index (χ4v) is 4.35. The predicted molar refractivity (Wildman–Crippen MR) is 130 cm³/mol. The second kappa shape index (κ2) is 10.3. The molecule has 1 aliphatic heterocycles. The molecule has 1 heterocycles. The van der Waals surface area contributed by atoms with Gasteiger partial charge in [0, 0.05) is 11.3 Å². The number of rotatable bonds is 7. The maximum atomic E-state index is 13.1. The van der Waals surface area contributed by atoms with E-state index in [9.17, 15) is 4.79 Å². The van der Waals surface area contributed by atoms with Crippen molar-refractivity contribution in [2.75, 3.05) is 43.0 Å². The summed E-state index contributed by atoms with van der Waals surface area (Å²) < 4.78 is 5.80. The van der Waals surface area contributed by atoms with Crippen LogP contribution in [-0.4, -0.2) is 44.7 Å². The first-order chi connectivity index (χ1) is 15.7. The van der Waals surface area contributed by atoms with Crippen molar-refractivity contribution in [3.05, 3.63) is 78.9 Å². The maximum Gasteiger partial charge on any atom is 0.282 e. The summed E-state index contributed by atoms with van der Waals surface area (Å²) in [6.07, 6.45) is 0. The highest BCUT2D eigenvalue weighted by Crippen LogP contribution is 2.28. The largest absolute Gasteiger partial charge is 0.492 e. The monoisotopic (exact) mass is 430 g/mol. The summed E-state index contributed by atoms with van der Waals surface area (Å²) in [5.41, 5.74) is 4.15. The van der Waals surface area contributed by atoms with Gasteiger partial charge in [-0.05, 0) is 37.6 Å². The minimum Gasteiger partial charge on any atom is -0.492 e. The SMILES string of the molecule is CCOc1ccccc1N1CC[NH+]([C@@H](C)C(=O)Nc2ccccc2-c2ccccc2)CC1. The molecule has 0 bridgehead atoms. The number of para-hydroxylation sites is 3. The van der Waals surface area contributed by atoms with E-state index in [0.29, 0.717) is 6.61 Å². The van der Waals surface area contributed by atoms with Gasteiger partial charge in [-0.3, -0.25) is 4.79 Å². The lowest BCUT2D eigenvalue weighted by molar-refractivity contribution is -0.914. The number of carbonyl (C=O) groups is 1. The quantitative estimate of drug-likeness (QED) is 0.603. The molecular weight excluding hydrogens is 398 g/mol. The van der Waals surface area contributed by atoms with Crippen LogP contribution in [0.15, 0.2) is 78.9 Å². The highest BCUT2D eigenvalue weighted by atomic mass is 16.5. The Hall–Kier alpha value is -3.31. The lowest BCUT2D eigenvalue weighted by Crippen LogP contribution is -3.19. The molecule has 4 rings (SSSR count). The molecule has 1 fully saturated rings. The lowest BCUT2D eigenvalue weighted by Gasteiger charge is -2.36. The Kier molecular flexibility index (Phi) is 7.07.